The molecule has 1 fully saturated rings. The second-order valence-electron chi connectivity index (χ2n) is 10.2. The summed E-state index contributed by atoms with van der Waals surface area (Å²) in [6.07, 6.45) is 1.86. The number of aliphatic hydroxyl groups is 1. The van der Waals surface area contributed by atoms with Gasteiger partial charge in [-0.25, -0.2) is 19.2 Å². The predicted molar refractivity (Wildman–Crippen MR) is 167 cm³/mol. The van der Waals surface area contributed by atoms with E-state index in [-0.39, 0.29) is 18.4 Å². The number of aromatic nitrogens is 1. The van der Waals surface area contributed by atoms with Crippen molar-refractivity contribution in [2.24, 2.45) is 0 Å². The van der Waals surface area contributed by atoms with Gasteiger partial charge in [-0.05, 0) is 54.8 Å². The third-order valence-corrected chi connectivity index (χ3v) is 7.07. The van der Waals surface area contributed by atoms with Crippen LogP contribution in [0.4, 0.5) is 5.69 Å². The smallest absolute Gasteiger partial charge is 0.414 e. The van der Waals surface area contributed by atoms with Gasteiger partial charge in [0.15, 0.2) is 0 Å². The highest BCUT2D eigenvalue weighted by molar-refractivity contribution is 6.27. The fraction of sp³-hybridized carbons (Fsp3) is 0.323. The fourth-order valence-electron chi connectivity index (χ4n) is 4.65. The number of methoxy groups -OCH3 is 2. The Hall–Kier alpha value is -5.65. The number of nitrogens with one attached hydrogen (secondary N) is 2. The first-order valence-electron chi connectivity index (χ1n) is 14.2. The average Bonchev–Trinajstić information content (AvgIpc) is 3.08. The molecule has 17 heteroatoms. The number of anilines is 1. The maximum absolute atomic E-state index is 12.7. The zero-order valence-electron chi connectivity index (χ0n) is 26.0. The van der Waals surface area contributed by atoms with Crippen molar-refractivity contribution in [1.82, 2.24) is 15.2 Å². The van der Waals surface area contributed by atoms with Crippen LogP contribution in [-0.2, 0) is 33.5 Å². The number of hydrogen-bond acceptors (Lipinski definition) is 12. The number of pyridine rings is 1. The molecule has 0 aliphatic carbocycles. The zero-order valence-corrected chi connectivity index (χ0v) is 26.0. The molecule has 1 atom stereocenters. The summed E-state index contributed by atoms with van der Waals surface area (Å²) >= 11 is 0. The van der Waals surface area contributed by atoms with Crippen LogP contribution in [-0.4, -0.2) is 117 Å². The van der Waals surface area contributed by atoms with Gasteiger partial charge in [0.05, 0.1) is 32.4 Å². The van der Waals surface area contributed by atoms with Crippen molar-refractivity contribution in [3.8, 4) is 5.75 Å². The van der Waals surface area contributed by atoms with Crippen molar-refractivity contribution in [3.63, 3.8) is 0 Å². The number of carbonyl (C=O) groups excluding carboxylic acids is 2. The van der Waals surface area contributed by atoms with E-state index in [9.17, 15) is 14.7 Å². The summed E-state index contributed by atoms with van der Waals surface area (Å²) in [4.78, 5) is 68.1. The molecule has 1 aromatic heterocycles. The fourth-order valence-corrected chi connectivity index (χ4v) is 4.65. The minimum Gasteiger partial charge on any atom is -0.497 e. The number of carbonyl (C=O) groups is 6. The molecule has 1 saturated heterocycles. The lowest BCUT2D eigenvalue weighted by Gasteiger charge is -2.40. The lowest BCUT2D eigenvalue weighted by Crippen LogP contribution is -2.60. The maximum atomic E-state index is 12.7. The van der Waals surface area contributed by atoms with Gasteiger partial charge in [-0.3, -0.25) is 19.9 Å². The first-order valence-corrected chi connectivity index (χ1v) is 14.2. The van der Waals surface area contributed by atoms with Crippen LogP contribution in [0.2, 0.25) is 0 Å². The molecule has 7 N–H and O–H groups in total. The number of esters is 1. The summed E-state index contributed by atoms with van der Waals surface area (Å²) in [6.45, 7) is 1.51. The van der Waals surface area contributed by atoms with E-state index in [0.29, 0.717) is 43.9 Å². The molecule has 0 spiro atoms. The Kier molecular flexibility index (Phi) is 14.8. The number of β-amino-alcohol motifs (C(OH)–C–C–N with tert-alkyl or cyclic N) is 1. The molecule has 2 aromatic carbocycles. The number of piperidine rings is 1. The van der Waals surface area contributed by atoms with Crippen LogP contribution >= 0.6 is 0 Å². The summed E-state index contributed by atoms with van der Waals surface area (Å²) < 4.78 is 10.4. The molecular formula is C31H36N4O13. The molecule has 0 radical (unpaired) electrons. The number of fused-ring (bicyclic) bond motifs is 1. The van der Waals surface area contributed by atoms with Gasteiger partial charge in [-0.1, -0.05) is 18.2 Å². The molecule has 4 rings (SSSR count). The van der Waals surface area contributed by atoms with Crippen LogP contribution in [0.25, 0.3) is 10.9 Å². The number of likely N-dealkylation sites (tertiary alicyclic amines) is 1. The highest BCUT2D eigenvalue weighted by Crippen LogP contribution is 2.29. The van der Waals surface area contributed by atoms with E-state index in [0.717, 1.165) is 16.5 Å². The largest absolute Gasteiger partial charge is 0.497 e. The summed E-state index contributed by atoms with van der Waals surface area (Å²) in [5.74, 6) is -7.22. The van der Waals surface area contributed by atoms with Crippen molar-refractivity contribution >= 4 is 52.3 Å². The second-order valence-corrected chi connectivity index (χ2v) is 10.2. The maximum Gasteiger partial charge on any atom is 0.414 e. The standard InChI is InChI=1S/C27H32N4O5.2C2H2O4/c1-35-20-8-9-23-22(16-20)21(10-13-28-23)24(32)18-31-14-11-27(12-15-31,26(34)36-2)29-17-25(33)30-19-6-4-3-5-7-19;2*3-1(4)2(5)6/h3-10,13,16,24,29,32H,11-12,14-15,17-18H2,1-2H3,(H,30,33);2*(H,3,4)(H,5,6)/t24-;;/m0../s1. The van der Waals surface area contributed by atoms with Crippen LogP contribution in [0, 0.1) is 0 Å². The zero-order chi connectivity index (χ0) is 35.9. The van der Waals surface area contributed by atoms with Gasteiger partial charge in [0.25, 0.3) is 0 Å². The second kappa shape index (κ2) is 18.5. The van der Waals surface area contributed by atoms with Gasteiger partial charge in [-0.2, -0.15) is 0 Å². The Morgan fingerprint density at radius 1 is 0.875 bits per heavy atom. The van der Waals surface area contributed by atoms with E-state index in [1.165, 1.54) is 7.11 Å². The number of benzene rings is 2. The number of nitrogens with zero attached hydrogens (tertiary/aromatic N) is 2. The molecule has 0 bridgehead atoms. The van der Waals surface area contributed by atoms with E-state index in [1.807, 2.05) is 42.5 Å². The molecule has 258 valence electrons. The van der Waals surface area contributed by atoms with Crippen LogP contribution in [0.5, 0.6) is 5.75 Å². The van der Waals surface area contributed by atoms with Gasteiger partial charge in [0, 0.05) is 36.9 Å². The van der Waals surface area contributed by atoms with Gasteiger partial charge >= 0.3 is 29.8 Å². The van der Waals surface area contributed by atoms with Crippen LogP contribution in [0.1, 0.15) is 24.5 Å². The molecule has 1 amide bonds. The number of amides is 1. The number of rotatable bonds is 9. The molecule has 1 aliphatic rings. The predicted octanol–water partition coefficient (Wildman–Crippen LogP) is 0.824. The number of ether oxygens (including phenoxy) is 2. The average molecular weight is 673 g/mol. The molecule has 2 heterocycles. The first kappa shape index (κ1) is 38.5. The van der Waals surface area contributed by atoms with Gasteiger partial charge in [0.1, 0.15) is 11.3 Å². The van der Waals surface area contributed by atoms with E-state index in [1.54, 1.807) is 25.4 Å². The van der Waals surface area contributed by atoms with E-state index >= 15 is 0 Å². The highest BCUT2D eigenvalue weighted by atomic mass is 16.5. The Morgan fingerprint density at radius 3 is 1.98 bits per heavy atom. The molecule has 1 aliphatic heterocycles. The topological polar surface area (TPSA) is 262 Å². The lowest BCUT2D eigenvalue weighted by atomic mass is 9.87. The minimum absolute atomic E-state index is 0.0164. The number of carboxylic acid groups (broad SMARTS) is 4. The monoisotopic (exact) mass is 672 g/mol. The Morgan fingerprint density at radius 2 is 1.46 bits per heavy atom. The van der Waals surface area contributed by atoms with Crippen LogP contribution in [0.3, 0.4) is 0 Å². The van der Waals surface area contributed by atoms with Crippen molar-refractivity contribution in [3.05, 3.63) is 66.4 Å². The van der Waals surface area contributed by atoms with Crippen LogP contribution < -0.4 is 15.4 Å². The number of hydrogen-bond donors (Lipinski definition) is 7. The van der Waals surface area contributed by atoms with Crippen molar-refractivity contribution in [2.75, 3.05) is 45.7 Å². The normalized spacial score (nSPS) is 14.1. The summed E-state index contributed by atoms with van der Waals surface area (Å²) in [6, 6.07) is 16.6. The number of para-hydroxylation sites is 1. The Balaban J connectivity index is 0.000000570. The SMILES string of the molecule is COC(=O)C1(NCC(=O)Nc2ccccc2)CCN(C[C@H](O)c2ccnc3ccc(OC)cc23)CC1.O=C(O)C(=O)O.O=C(O)C(=O)O. The molecule has 48 heavy (non-hydrogen) atoms. The molecular weight excluding hydrogens is 636 g/mol. The third-order valence-electron chi connectivity index (χ3n) is 7.07. The quantitative estimate of drug-likeness (QED) is 0.123. The van der Waals surface area contributed by atoms with E-state index in [4.69, 9.17) is 49.1 Å². The van der Waals surface area contributed by atoms with Crippen molar-refractivity contribution < 1.29 is 63.8 Å². The molecule has 17 nitrogen and oxygen atoms in total. The van der Waals surface area contributed by atoms with Crippen molar-refractivity contribution in [2.45, 2.75) is 24.5 Å². The summed E-state index contributed by atoms with van der Waals surface area (Å²) in [5.41, 5.74) is 1.30. The number of aliphatic carboxylic acids is 4. The van der Waals surface area contributed by atoms with E-state index < -0.39 is 35.5 Å². The van der Waals surface area contributed by atoms with Gasteiger partial charge < -0.3 is 45.2 Å². The molecule has 0 unspecified atom stereocenters. The molecule has 3 aromatic rings. The lowest BCUT2D eigenvalue weighted by molar-refractivity contribution is -0.159. The number of carboxylic acids is 4. The summed E-state index contributed by atoms with van der Waals surface area (Å²) in [7, 11) is 2.96. The summed E-state index contributed by atoms with van der Waals surface area (Å²) in [5, 5.41) is 47.4. The number of aliphatic hydroxyl groups excluding tert-OH is 1. The third kappa shape index (κ3) is 11.6. The minimum atomic E-state index is -1.82. The van der Waals surface area contributed by atoms with Crippen molar-refractivity contribution in [1.29, 1.82) is 0 Å². The first-order chi connectivity index (χ1) is 22.7. The highest BCUT2D eigenvalue weighted by Gasteiger charge is 2.42. The van der Waals surface area contributed by atoms with Crippen LogP contribution in [0.15, 0.2) is 60.8 Å². The molecule has 0 saturated carbocycles. The van der Waals surface area contributed by atoms with E-state index in [2.05, 4.69) is 20.5 Å². The Labute approximate surface area is 273 Å². The van der Waals surface area contributed by atoms with Gasteiger partial charge in [-0.15, -0.1) is 0 Å². The van der Waals surface area contributed by atoms with Gasteiger partial charge in [0.2, 0.25) is 5.91 Å². The Bertz CT molecular complexity index is 1540.